The Kier molecular flexibility index (Phi) is 5.80. The van der Waals surface area contributed by atoms with Crippen LogP contribution in [-0.2, 0) is 9.84 Å². The van der Waals surface area contributed by atoms with Crippen molar-refractivity contribution in [1.82, 2.24) is 29.5 Å². The van der Waals surface area contributed by atoms with E-state index in [-0.39, 0.29) is 22.0 Å². The number of methoxy groups -OCH3 is 1. The van der Waals surface area contributed by atoms with Gasteiger partial charge in [0.2, 0.25) is 5.95 Å². The van der Waals surface area contributed by atoms with E-state index in [0.29, 0.717) is 28.2 Å². The van der Waals surface area contributed by atoms with E-state index in [2.05, 4.69) is 25.4 Å². The van der Waals surface area contributed by atoms with Gasteiger partial charge in [-0.05, 0) is 50.2 Å². The molecule has 1 N–H and O–H groups in total. The second kappa shape index (κ2) is 8.96. The Morgan fingerprint density at radius 2 is 1.81 bits per heavy atom. The summed E-state index contributed by atoms with van der Waals surface area (Å²) in [6.07, 6.45) is 3.97. The second-order valence-corrected chi connectivity index (χ2v) is 10.6. The first-order valence-electron chi connectivity index (χ1n) is 10.9. The van der Waals surface area contributed by atoms with Crippen LogP contribution in [0, 0.1) is 0 Å². The maximum absolute atomic E-state index is 13.1. The van der Waals surface area contributed by atoms with Gasteiger partial charge >= 0.3 is 0 Å². The molecule has 0 saturated heterocycles. The lowest BCUT2D eigenvalue weighted by Gasteiger charge is -2.12. The van der Waals surface area contributed by atoms with E-state index in [1.165, 1.54) is 29.2 Å². The van der Waals surface area contributed by atoms with Crippen LogP contribution in [0.2, 0.25) is 0 Å². The topological polar surface area (TPSA) is 141 Å². The van der Waals surface area contributed by atoms with Crippen molar-refractivity contribution in [2.24, 2.45) is 0 Å². The maximum Gasteiger partial charge on any atom is 0.295 e. The van der Waals surface area contributed by atoms with Gasteiger partial charge in [0.05, 0.1) is 29.0 Å². The highest BCUT2D eigenvalue weighted by molar-refractivity contribution is 7.92. The molecule has 0 saturated carbocycles. The fourth-order valence-corrected chi connectivity index (χ4v) is 4.82. The summed E-state index contributed by atoms with van der Waals surface area (Å²) < 4.78 is 33.0. The molecule has 182 valence electrons. The molecule has 3 aromatic heterocycles. The summed E-state index contributed by atoms with van der Waals surface area (Å²) in [4.78, 5) is 29.5. The summed E-state index contributed by atoms with van der Waals surface area (Å²) in [6.45, 7) is 3.21. The number of aromatic nitrogens is 6. The van der Waals surface area contributed by atoms with Gasteiger partial charge in [-0.25, -0.2) is 23.4 Å². The number of ether oxygens (including phenoxy) is 1. The van der Waals surface area contributed by atoms with Gasteiger partial charge in [-0.2, -0.15) is 4.52 Å². The lowest BCUT2D eigenvalue weighted by molar-refractivity contribution is 0.415. The van der Waals surface area contributed by atoms with Crippen molar-refractivity contribution in [3.63, 3.8) is 0 Å². The number of hydrogen-bond donors (Lipinski definition) is 1. The normalized spacial score (nSPS) is 11.8. The average Bonchev–Trinajstić information content (AvgIpc) is 3.23. The number of para-hydroxylation sites is 1. The predicted molar refractivity (Wildman–Crippen MR) is 134 cm³/mol. The van der Waals surface area contributed by atoms with E-state index in [9.17, 15) is 13.2 Å². The molecule has 12 heteroatoms. The molecule has 5 aromatic rings. The van der Waals surface area contributed by atoms with Crippen molar-refractivity contribution in [3.8, 4) is 17.1 Å². The molecule has 2 aromatic carbocycles. The van der Waals surface area contributed by atoms with Crippen molar-refractivity contribution in [1.29, 1.82) is 0 Å². The minimum atomic E-state index is -3.68. The summed E-state index contributed by atoms with van der Waals surface area (Å²) in [5, 5.41) is 7.35. The van der Waals surface area contributed by atoms with E-state index >= 15 is 0 Å². The van der Waals surface area contributed by atoms with Gasteiger partial charge in [0, 0.05) is 23.3 Å². The standard InChI is InChI=1S/C24H21N7O4S/c1-14(2)36(33,34)19-6-4-5-17-20(19)28-24(27-18-13-25-11-12-26-23(18)32)31-22(17)29-21(30-31)15-7-9-16(35-3)10-8-15/h4-14H,1-3H3,(H,26,27,28,32). The van der Waals surface area contributed by atoms with Gasteiger partial charge in [0.25, 0.3) is 5.56 Å². The van der Waals surface area contributed by atoms with Crippen LogP contribution < -0.4 is 15.6 Å². The van der Waals surface area contributed by atoms with Gasteiger partial charge in [0.15, 0.2) is 21.3 Å². The summed E-state index contributed by atoms with van der Waals surface area (Å²) in [5.74, 6) is 1.15. The fourth-order valence-electron chi connectivity index (χ4n) is 3.62. The van der Waals surface area contributed by atoms with Crippen LogP contribution in [0.25, 0.3) is 27.9 Å². The highest BCUT2D eigenvalue weighted by Gasteiger charge is 2.25. The van der Waals surface area contributed by atoms with Crippen molar-refractivity contribution in [3.05, 3.63) is 71.4 Å². The largest absolute Gasteiger partial charge is 0.497 e. The molecule has 0 spiro atoms. The van der Waals surface area contributed by atoms with Crippen LogP contribution in [0.15, 0.2) is 70.7 Å². The zero-order chi connectivity index (χ0) is 25.4. The molecule has 0 amide bonds. The van der Waals surface area contributed by atoms with Crippen molar-refractivity contribution < 1.29 is 13.2 Å². The number of nitrogens with one attached hydrogen (secondary N) is 1. The van der Waals surface area contributed by atoms with Gasteiger partial charge < -0.3 is 10.1 Å². The van der Waals surface area contributed by atoms with Crippen molar-refractivity contribution >= 4 is 38.0 Å². The third-order valence-electron chi connectivity index (χ3n) is 5.57. The number of sulfone groups is 1. The molecule has 0 fully saturated rings. The van der Waals surface area contributed by atoms with Gasteiger partial charge in [-0.15, -0.1) is 5.10 Å². The van der Waals surface area contributed by atoms with Crippen LogP contribution in [0.3, 0.4) is 0 Å². The molecule has 3 heterocycles. The Bertz CT molecular complexity index is 1770. The molecule has 0 aliphatic heterocycles. The van der Waals surface area contributed by atoms with Crippen LogP contribution >= 0.6 is 0 Å². The number of hydrogen-bond acceptors (Lipinski definition) is 10. The quantitative estimate of drug-likeness (QED) is 0.367. The number of rotatable bonds is 6. The monoisotopic (exact) mass is 503 g/mol. The minimum absolute atomic E-state index is 0.0406. The molecule has 0 atom stereocenters. The van der Waals surface area contributed by atoms with Crippen molar-refractivity contribution in [2.45, 2.75) is 24.0 Å². The van der Waals surface area contributed by atoms with Gasteiger partial charge in [-0.3, -0.25) is 9.78 Å². The maximum atomic E-state index is 13.1. The summed E-state index contributed by atoms with van der Waals surface area (Å²) >= 11 is 0. The fraction of sp³-hybridized carbons (Fsp3) is 0.167. The number of benzene rings is 2. The highest BCUT2D eigenvalue weighted by Crippen LogP contribution is 2.30. The highest BCUT2D eigenvalue weighted by atomic mass is 32.2. The number of anilines is 2. The first-order valence-corrected chi connectivity index (χ1v) is 12.5. The van der Waals surface area contributed by atoms with E-state index < -0.39 is 20.6 Å². The average molecular weight is 504 g/mol. The Labute approximate surface area is 205 Å². The third kappa shape index (κ3) is 4.01. The smallest absolute Gasteiger partial charge is 0.295 e. The predicted octanol–water partition coefficient (Wildman–Crippen LogP) is 3.03. The lowest BCUT2D eigenvalue weighted by atomic mass is 10.2. The summed E-state index contributed by atoms with van der Waals surface area (Å²) in [6, 6.07) is 12.1. The molecule has 0 unspecified atom stereocenters. The zero-order valence-electron chi connectivity index (χ0n) is 19.6. The number of nitrogens with zero attached hydrogens (tertiary/aromatic N) is 6. The second-order valence-electron chi connectivity index (χ2n) is 8.13. The molecule has 0 aliphatic carbocycles. The minimum Gasteiger partial charge on any atom is -0.497 e. The first-order chi connectivity index (χ1) is 17.3. The van der Waals surface area contributed by atoms with E-state index in [1.54, 1.807) is 45.2 Å². The molecule has 5 rings (SSSR count). The molecule has 0 bridgehead atoms. The van der Waals surface area contributed by atoms with Gasteiger partial charge in [0.1, 0.15) is 11.4 Å². The molecule has 11 nitrogen and oxygen atoms in total. The van der Waals surface area contributed by atoms with E-state index in [1.807, 2.05) is 12.1 Å². The lowest BCUT2D eigenvalue weighted by Crippen LogP contribution is -2.16. The third-order valence-corrected chi connectivity index (χ3v) is 7.75. The van der Waals surface area contributed by atoms with Crippen LogP contribution in [-0.4, -0.2) is 50.3 Å². The first kappa shape index (κ1) is 23.3. The Balaban J connectivity index is 1.82. The van der Waals surface area contributed by atoms with Crippen LogP contribution in [0.5, 0.6) is 5.75 Å². The van der Waals surface area contributed by atoms with Crippen LogP contribution in [0.1, 0.15) is 13.8 Å². The SMILES string of the molecule is COc1ccc(-c2nc3c4cccc(S(=O)(=O)C(C)C)c4nc(Nc4cnccnc4=O)n3n2)cc1. The zero-order valence-corrected chi connectivity index (χ0v) is 20.4. The summed E-state index contributed by atoms with van der Waals surface area (Å²) in [5.41, 5.74) is 0.759. The van der Waals surface area contributed by atoms with Gasteiger partial charge in [-0.1, -0.05) is 6.07 Å². The Morgan fingerprint density at radius 1 is 1.03 bits per heavy atom. The number of fused-ring (bicyclic) bond motifs is 3. The van der Waals surface area contributed by atoms with E-state index in [4.69, 9.17) is 9.72 Å². The summed E-state index contributed by atoms with van der Waals surface area (Å²) in [7, 11) is -2.10. The van der Waals surface area contributed by atoms with Crippen LogP contribution in [0.4, 0.5) is 11.6 Å². The molecule has 0 radical (unpaired) electrons. The molecular weight excluding hydrogens is 482 g/mol. The molecule has 0 aliphatic rings. The van der Waals surface area contributed by atoms with E-state index in [0.717, 1.165) is 0 Å². The molecule has 36 heavy (non-hydrogen) atoms. The Hall–Kier alpha value is -4.45. The molecular formula is C24H21N7O4S. The van der Waals surface area contributed by atoms with Crippen molar-refractivity contribution in [2.75, 3.05) is 12.4 Å². The Morgan fingerprint density at radius 3 is 2.53 bits per heavy atom.